The number of rotatable bonds is 8. The van der Waals surface area contributed by atoms with Crippen LogP contribution in [0.3, 0.4) is 0 Å². The molecule has 0 spiro atoms. The van der Waals surface area contributed by atoms with Crippen molar-refractivity contribution in [2.24, 2.45) is 5.73 Å². The van der Waals surface area contributed by atoms with Gasteiger partial charge in [-0.2, -0.15) is 0 Å². The molecule has 0 bridgehead atoms. The lowest BCUT2D eigenvalue weighted by Crippen LogP contribution is -2.37. The van der Waals surface area contributed by atoms with Crippen LogP contribution < -0.4 is 15.8 Å². The summed E-state index contributed by atoms with van der Waals surface area (Å²) in [6.07, 6.45) is 0.781. The molecule has 0 fully saturated rings. The van der Waals surface area contributed by atoms with Gasteiger partial charge in [-0.15, -0.1) is 0 Å². The fourth-order valence-corrected chi connectivity index (χ4v) is 2.45. The maximum atomic E-state index is 12.2. The Morgan fingerprint density at radius 1 is 1.08 bits per heavy atom. The number of primary amides is 1. The predicted molar refractivity (Wildman–Crippen MR) is 92.5 cm³/mol. The highest BCUT2D eigenvalue weighted by molar-refractivity contribution is 5.87. The second-order valence-electron chi connectivity index (χ2n) is 5.35. The number of nitrogens with one attached hydrogen (secondary N) is 1. The van der Waals surface area contributed by atoms with Crippen molar-refractivity contribution < 1.29 is 14.3 Å². The van der Waals surface area contributed by atoms with E-state index in [1.54, 1.807) is 24.3 Å². The number of hydrogen-bond acceptors (Lipinski definition) is 3. The summed E-state index contributed by atoms with van der Waals surface area (Å²) in [6, 6.07) is 15.8. The summed E-state index contributed by atoms with van der Waals surface area (Å²) in [7, 11) is 0. The molecule has 1 atom stereocenters. The second-order valence-corrected chi connectivity index (χ2v) is 5.35. The molecule has 0 radical (unpaired) electrons. The third kappa shape index (κ3) is 4.84. The Balaban J connectivity index is 1.98. The zero-order valence-corrected chi connectivity index (χ0v) is 13.7. The Morgan fingerprint density at radius 3 is 2.42 bits per heavy atom. The molecule has 3 N–H and O–H groups in total. The molecule has 0 aromatic heterocycles. The Morgan fingerprint density at radius 2 is 1.75 bits per heavy atom. The molecule has 2 rings (SSSR count). The molecule has 0 saturated heterocycles. The van der Waals surface area contributed by atoms with E-state index in [0.29, 0.717) is 18.6 Å². The van der Waals surface area contributed by atoms with Crippen molar-refractivity contribution in [3.05, 3.63) is 65.7 Å². The lowest BCUT2D eigenvalue weighted by Gasteiger charge is -2.16. The topological polar surface area (TPSA) is 81.4 Å². The summed E-state index contributed by atoms with van der Waals surface area (Å²) in [5.74, 6) is -0.0273. The zero-order chi connectivity index (χ0) is 17.4. The van der Waals surface area contributed by atoms with Crippen LogP contribution in [0.4, 0.5) is 0 Å². The number of carbonyl (C=O) groups is 2. The van der Waals surface area contributed by atoms with E-state index in [2.05, 4.69) is 5.32 Å². The molecule has 5 nitrogen and oxygen atoms in total. The first kappa shape index (κ1) is 17.5. The Kier molecular flexibility index (Phi) is 6.37. The smallest absolute Gasteiger partial charge is 0.244 e. The van der Waals surface area contributed by atoms with Gasteiger partial charge in [0.2, 0.25) is 11.8 Å². The third-order valence-corrected chi connectivity index (χ3v) is 3.62. The average molecular weight is 326 g/mol. The molecule has 0 heterocycles. The number of carbonyl (C=O) groups excluding carboxylic acids is 2. The van der Waals surface area contributed by atoms with Gasteiger partial charge in [0.1, 0.15) is 11.8 Å². The van der Waals surface area contributed by atoms with Crippen LogP contribution in [-0.4, -0.2) is 18.4 Å². The number of para-hydroxylation sites is 1. The number of hydrogen-bond donors (Lipinski definition) is 2. The highest BCUT2D eigenvalue weighted by Crippen LogP contribution is 2.20. The standard InChI is InChI=1S/C19H22N2O3/c1-2-24-16-11-7-6-8-14(16)12-13-17(22)21-18(19(20)23)15-9-4-3-5-10-15/h3-11,18H,2,12-13H2,1H3,(H2,20,23)(H,21,22)/t18-/m1/s1. The molecule has 5 heteroatoms. The molecule has 0 aliphatic carbocycles. The monoisotopic (exact) mass is 326 g/mol. The van der Waals surface area contributed by atoms with Crippen LogP contribution in [0.2, 0.25) is 0 Å². The lowest BCUT2D eigenvalue weighted by atomic mass is 10.1. The first-order chi connectivity index (χ1) is 11.6. The minimum absolute atomic E-state index is 0.228. The minimum Gasteiger partial charge on any atom is -0.494 e. The van der Waals surface area contributed by atoms with E-state index in [1.807, 2.05) is 37.3 Å². The van der Waals surface area contributed by atoms with Crippen molar-refractivity contribution in [2.75, 3.05) is 6.61 Å². The largest absolute Gasteiger partial charge is 0.494 e. The van der Waals surface area contributed by atoms with E-state index in [1.165, 1.54) is 0 Å². The number of ether oxygens (including phenoxy) is 1. The van der Waals surface area contributed by atoms with Gasteiger partial charge in [0.05, 0.1) is 6.61 Å². The molecule has 0 aliphatic heterocycles. The fraction of sp³-hybridized carbons (Fsp3) is 0.263. The lowest BCUT2D eigenvalue weighted by molar-refractivity contribution is -0.127. The highest BCUT2D eigenvalue weighted by atomic mass is 16.5. The molecular formula is C19H22N2O3. The van der Waals surface area contributed by atoms with Crippen LogP contribution >= 0.6 is 0 Å². The van der Waals surface area contributed by atoms with Crippen molar-refractivity contribution in [2.45, 2.75) is 25.8 Å². The minimum atomic E-state index is -0.819. The van der Waals surface area contributed by atoms with Crippen LogP contribution in [0.1, 0.15) is 30.5 Å². The summed E-state index contributed by atoms with van der Waals surface area (Å²) in [4.78, 5) is 23.9. The summed E-state index contributed by atoms with van der Waals surface area (Å²) in [5.41, 5.74) is 7.05. The third-order valence-electron chi connectivity index (χ3n) is 3.62. The predicted octanol–water partition coefficient (Wildman–Crippen LogP) is 2.36. The van der Waals surface area contributed by atoms with Crippen LogP contribution in [-0.2, 0) is 16.0 Å². The molecule has 2 aromatic rings. The van der Waals surface area contributed by atoms with E-state index in [-0.39, 0.29) is 12.3 Å². The van der Waals surface area contributed by atoms with Gasteiger partial charge >= 0.3 is 0 Å². The quantitative estimate of drug-likeness (QED) is 0.781. The van der Waals surface area contributed by atoms with Gasteiger partial charge in [-0.25, -0.2) is 0 Å². The fourth-order valence-electron chi connectivity index (χ4n) is 2.45. The zero-order valence-electron chi connectivity index (χ0n) is 13.7. The summed E-state index contributed by atoms with van der Waals surface area (Å²) in [6.45, 7) is 2.49. The molecule has 0 saturated carbocycles. The molecule has 2 aromatic carbocycles. The first-order valence-electron chi connectivity index (χ1n) is 7.96. The van der Waals surface area contributed by atoms with Crippen molar-refractivity contribution in [3.63, 3.8) is 0 Å². The van der Waals surface area contributed by atoms with E-state index >= 15 is 0 Å². The number of nitrogens with two attached hydrogens (primary N) is 1. The molecule has 24 heavy (non-hydrogen) atoms. The second kappa shape index (κ2) is 8.72. The maximum absolute atomic E-state index is 12.2. The molecular weight excluding hydrogens is 304 g/mol. The molecule has 2 amide bonds. The Bertz CT molecular complexity index is 686. The van der Waals surface area contributed by atoms with Gasteiger partial charge in [-0.05, 0) is 30.5 Å². The van der Waals surface area contributed by atoms with Gasteiger partial charge in [-0.3, -0.25) is 9.59 Å². The molecule has 0 aliphatic rings. The van der Waals surface area contributed by atoms with Gasteiger partial charge in [0.25, 0.3) is 0 Å². The summed E-state index contributed by atoms with van der Waals surface area (Å²) in [5, 5.41) is 2.70. The van der Waals surface area contributed by atoms with E-state index in [4.69, 9.17) is 10.5 Å². The summed E-state index contributed by atoms with van der Waals surface area (Å²) >= 11 is 0. The van der Waals surface area contributed by atoms with Crippen LogP contribution in [0.25, 0.3) is 0 Å². The number of benzene rings is 2. The van der Waals surface area contributed by atoms with Crippen LogP contribution in [0.15, 0.2) is 54.6 Å². The van der Waals surface area contributed by atoms with E-state index < -0.39 is 11.9 Å². The van der Waals surface area contributed by atoms with E-state index in [9.17, 15) is 9.59 Å². The van der Waals surface area contributed by atoms with Crippen LogP contribution in [0.5, 0.6) is 5.75 Å². The van der Waals surface area contributed by atoms with Crippen molar-refractivity contribution in [1.82, 2.24) is 5.32 Å². The normalized spacial score (nSPS) is 11.5. The number of aryl methyl sites for hydroxylation is 1. The maximum Gasteiger partial charge on any atom is 0.244 e. The molecule has 126 valence electrons. The number of amides is 2. The SMILES string of the molecule is CCOc1ccccc1CCC(=O)N[C@@H](C(N)=O)c1ccccc1. The Hall–Kier alpha value is -2.82. The average Bonchev–Trinajstić information content (AvgIpc) is 2.59. The van der Waals surface area contributed by atoms with Gasteiger partial charge < -0.3 is 15.8 Å². The highest BCUT2D eigenvalue weighted by Gasteiger charge is 2.19. The van der Waals surface area contributed by atoms with Gasteiger partial charge in [-0.1, -0.05) is 48.5 Å². The van der Waals surface area contributed by atoms with Crippen molar-refractivity contribution >= 4 is 11.8 Å². The summed E-state index contributed by atoms with van der Waals surface area (Å²) < 4.78 is 5.55. The first-order valence-corrected chi connectivity index (χ1v) is 7.96. The van der Waals surface area contributed by atoms with Crippen molar-refractivity contribution in [1.29, 1.82) is 0 Å². The van der Waals surface area contributed by atoms with Gasteiger partial charge in [0, 0.05) is 6.42 Å². The Labute approximate surface area is 141 Å². The molecule has 0 unspecified atom stereocenters. The van der Waals surface area contributed by atoms with Crippen LogP contribution in [0, 0.1) is 0 Å². The van der Waals surface area contributed by atoms with Gasteiger partial charge in [0.15, 0.2) is 0 Å². The van der Waals surface area contributed by atoms with E-state index in [0.717, 1.165) is 11.3 Å². The van der Waals surface area contributed by atoms with Crippen molar-refractivity contribution in [3.8, 4) is 5.75 Å².